The molecule has 2 saturated heterocycles. The molecule has 0 aromatic rings. The fraction of sp³-hybridized carbons (Fsp3) is 0.882. The summed E-state index contributed by atoms with van der Waals surface area (Å²) in [7, 11) is 0. The second-order valence-electron chi connectivity index (χ2n) is 6.56. The van der Waals surface area contributed by atoms with Crippen molar-refractivity contribution in [3.8, 4) is 0 Å². The SMILES string of the molecule is CC[C@@H]1CCCCN1C(=O)[C@@H](C)OC(=O)[C@@H](O)C1CCOCC1. The molecule has 1 N–H and O–H groups in total. The molecular weight excluding hydrogens is 298 g/mol. The molecular formula is C17H29NO5. The van der Waals surface area contributed by atoms with Crippen molar-refractivity contribution in [1.82, 2.24) is 4.90 Å². The van der Waals surface area contributed by atoms with E-state index >= 15 is 0 Å². The summed E-state index contributed by atoms with van der Waals surface area (Å²) in [5, 5.41) is 10.1. The van der Waals surface area contributed by atoms with Gasteiger partial charge in [0, 0.05) is 31.7 Å². The van der Waals surface area contributed by atoms with E-state index in [1.807, 2.05) is 4.90 Å². The normalized spacial score (nSPS) is 25.7. The molecule has 2 heterocycles. The van der Waals surface area contributed by atoms with Crippen LogP contribution in [0.15, 0.2) is 0 Å². The van der Waals surface area contributed by atoms with Crippen molar-refractivity contribution in [1.29, 1.82) is 0 Å². The third kappa shape index (κ3) is 4.67. The van der Waals surface area contributed by atoms with Crippen LogP contribution >= 0.6 is 0 Å². The van der Waals surface area contributed by atoms with Gasteiger partial charge in [-0.15, -0.1) is 0 Å². The first-order valence-electron chi connectivity index (χ1n) is 8.81. The number of carbonyl (C=O) groups excluding carboxylic acids is 2. The van der Waals surface area contributed by atoms with E-state index in [-0.39, 0.29) is 17.9 Å². The lowest BCUT2D eigenvalue weighted by molar-refractivity contribution is -0.171. The zero-order valence-corrected chi connectivity index (χ0v) is 14.2. The minimum absolute atomic E-state index is 0.142. The van der Waals surface area contributed by atoms with Crippen LogP contribution in [0.5, 0.6) is 0 Å². The Balaban J connectivity index is 1.87. The molecule has 0 saturated carbocycles. The number of likely N-dealkylation sites (tertiary alicyclic amines) is 1. The first-order valence-corrected chi connectivity index (χ1v) is 8.81. The average molecular weight is 327 g/mol. The van der Waals surface area contributed by atoms with E-state index in [0.29, 0.717) is 26.1 Å². The van der Waals surface area contributed by atoms with Crippen LogP contribution in [0.3, 0.4) is 0 Å². The summed E-state index contributed by atoms with van der Waals surface area (Å²) < 4.78 is 10.5. The number of hydrogen-bond acceptors (Lipinski definition) is 5. The molecule has 2 aliphatic rings. The second-order valence-corrected chi connectivity index (χ2v) is 6.56. The van der Waals surface area contributed by atoms with Crippen LogP contribution in [0.1, 0.15) is 52.4 Å². The number of piperidine rings is 1. The summed E-state index contributed by atoms with van der Waals surface area (Å²) in [4.78, 5) is 26.5. The van der Waals surface area contributed by atoms with Crippen LogP contribution in [0.25, 0.3) is 0 Å². The van der Waals surface area contributed by atoms with Crippen LogP contribution in [-0.4, -0.2) is 59.9 Å². The average Bonchev–Trinajstić information content (AvgIpc) is 2.60. The standard InChI is InChI=1S/C17H29NO5/c1-3-14-6-4-5-9-18(14)16(20)12(2)23-17(21)15(19)13-7-10-22-11-8-13/h12-15,19H,3-11H2,1-2H3/t12-,14-,15+/m1/s1. The van der Waals surface area contributed by atoms with E-state index in [1.165, 1.54) is 0 Å². The minimum Gasteiger partial charge on any atom is -0.451 e. The maximum atomic E-state index is 12.5. The molecule has 0 radical (unpaired) electrons. The Morgan fingerprint density at radius 3 is 2.61 bits per heavy atom. The van der Waals surface area contributed by atoms with Gasteiger partial charge in [-0.25, -0.2) is 4.79 Å². The Labute approximate surface area is 138 Å². The van der Waals surface area contributed by atoms with Gasteiger partial charge in [0.1, 0.15) is 0 Å². The van der Waals surface area contributed by atoms with Crippen LogP contribution in [0.4, 0.5) is 0 Å². The molecule has 1 amide bonds. The Morgan fingerprint density at radius 2 is 1.96 bits per heavy atom. The topological polar surface area (TPSA) is 76.1 Å². The summed E-state index contributed by atoms with van der Waals surface area (Å²) >= 11 is 0. The fourth-order valence-electron chi connectivity index (χ4n) is 3.47. The van der Waals surface area contributed by atoms with Gasteiger partial charge in [0.15, 0.2) is 12.2 Å². The van der Waals surface area contributed by atoms with Gasteiger partial charge in [-0.1, -0.05) is 6.92 Å². The lowest BCUT2D eigenvalue weighted by atomic mass is 9.94. The molecule has 23 heavy (non-hydrogen) atoms. The van der Waals surface area contributed by atoms with Gasteiger partial charge in [-0.3, -0.25) is 4.79 Å². The van der Waals surface area contributed by atoms with Gasteiger partial charge in [0.25, 0.3) is 5.91 Å². The summed E-state index contributed by atoms with van der Waals surface area (Å²) in [5.41, 5.74) is 0. The maximum Gasteiger partial charge on any atom is 0.336 e. The van der Waals surface area contributed by atoms with Gasteiger partial charge in [-0.05, 0) is 45.4 Å². The summed E-state index contributed by atoms with van der Waals surface area (Å²) in [6.07, 6.45) is 3.32. The second kappa shape index (κ2) is 8.64. The van der Waals surface area contributed by atoms with Gasteiger partial charge in [0.2, 0.25) is 0 Å². The number of aliphatic hydroxyl groups excluding tert-OH is 1. The van der Waals surface area contributed by atoms with Crippen molar-refractivity contribution < 1.29 is 24.2 Å². The fourth-order valence-corrected chi connectivity index (χ4v) is 3.47. The number of hydrogen-bond donors (Lipinski definition) is 1. The highest BCUT2D eigenvalue weighted by atomic mass is 16.6. The van der Waals surface area contributed by atoms with Crippen molar-refractivity contribution in [2.45, 2.75) is 70.6 Å². The van der Waals surface area contributed by atoms with E-state index in [0.717, 1.165) is 32.2 Å². The molecule has 132 valence electrons. The molecule has 0 bridgehead atoms. The highest BCUT2D eigenvalue weighted by molar-refractivity contribution is 5.85. The van der Waals surface area contributed by atoms with E-state index in [9.17, 15) is 14.7 Å². The number of ether oxygens (including phenoxy) is 2. The summed E-state index contributed by atoms with van der Waals surface area (Å²) in [6, 6.07) is 0.234. The minimum atomic E-state index is -1.17. The molecule has 0 aromatic heterocycles. The smallest absolute Gasteiger partial charge is 0.336 e. The van der Waals surface area contributed by atoms with Gasteiger partial charge in [0.05, 0.1) is 0 Å². The van der Waals surface area contributed by atoms with Crippen molar-refractivity contribution in [3.63, 3.8) is 0 Å². The first kappa shape index (κ1) is 18.2. The van der Waals surface area contributed by atoms with E-state index in [4.69, 9.17) is 9.47 Å². The van der Waals surface area contributed by atoms with E-state index < -0.39 is 18.2 Å². The Morgan fingerprint density at radius 1 is 1.26 bits per heavy atom. The molecule has 2 rings (SSSR count). The summed E-state index contributed by atoms with van der Waals surface area (Å²) in [6.45, 7) is 5.49. The zero-order valence-electron chi connectivity index (χ0n) is 14.2. The summed E-state index contributed by atoms with van der Waals surface area (Å²) in [5.74, 6) is -0.983. The van der Waals surface area contributed by atoms with Crippen molar-refractivity contribution in [3.05, 3.63) is 0 Å². The number of carbonyl (C=O) groups is 2. The monoisotopic (exact) mass is 327 g/mol. The molecule has 3 atom stereocenters. The molecule has 0 unspecified atom stereocenters. The molecule has 0 spiro atoms. The van der Waals surface area contributed by atoms with Crippen molar-refractivity contribution in [2.75, 3.05) is 19.8 Å². The predicted octanol–water partition coefficient (Wildman–Crippen LogP) is 1.50. The van der Waals surface area contributed by atoms with E-state index in [1.54, 1.807) is 6.92 Å². The lowest BCUT2D eigenvalue weighted by Crippen LogP contribution is -2.49. The third-order valence-corrected chi connectivity index (χ3v) is 4.98. The Hall–Kier alpha value is -1.14. The van der Waals surface area contributed by atoms with Crippen molar-refractivity contribution in [2.24, 2.45) is 5.92 Å². The molecule has 2 aliphatic heterocycles. The van der Waals surface area contributed by atoms with Gasteiger partial charge < -0.3 is 19.5 Å². The van der Waals surface area contributed by atoms with Gasteiger partial charge >= 0.3 is 5.97 Å². The lowest BCUT2D eigenvalue weighted by Gasteiger charge is -2.36. The van der Waals surface area contributed by atoms with Gasteiger partial charge in [-0.2, -0.15) is 0 Å². The number of esters is 1. The molecule has 6 heteroatoms. The van der Waals surface area contributed by atoms with Crippen molar-refractivity contribution >= 4 is 11.9 Å². The molecule has 0 aliphatic carbocycles. The highest BCUT2D eigenvalue weighted by Crippen LogP contribution is 2.22. The number of aliphatic hydroxyl groups is 1. The maximum absolute atomic E-state index is 12.5. The highest BCUT2D eigenvalue weighted by Gasteiger charge is 2.34. The molecule has 2 fully saturated rings. The zero-order chi connectivity index (χ0) is 16.8. The van der Waals surface area contributed by atoms with Crippen LogP contribution in [0.2, 0.25) is 0 Å². The quantitative estimate of drug-likeness (QED) is 0.774. The van der Waals surface area contributed by atoms with Crippen LogP contribution < -0.4 is 0 Å². The number of rotatable bonds is 5. The largest absolute Gasteiger partial charge is 0.451 e. The third-order valence-electron chi connectivity index (χ3n) is 4.98. The number of amides is 1. The number of nitrogens with zero attached hydrogens (tertiary/aromatic N) is 1. The Kier molecular flexibility index (Phi) is 6.84. The Bertz CT molecular complexity index is 408. The van der Waals surface area contributed by atoms with Crippen LogP contribution in [0, 0.1) is 5.92 Å². The predicted molar refractivity (Wildman–Crippen MR) is 84.7 cm³/mol. The van der Waals surface area contributed by atoms with E-state index in [2.05, 4.69) is 6.92 Å². The first-order chi connectivity index (χ1) is 11.0. The molecule has 6 nitrogen and oxygen atoms in total. The van der Waals surface area contributed by atoms with Crippen LogP contribution in [-0.2, 0) is 19.1 Å². The molecule has 0 aromatic carbocycles.